The van der Waals surface area contributed by atoms with Gasteiger partial charge in [0.05, 0.1) is 11.9 Å². The number of tetrazole rings is 1. The Kier molecular flexibility index (Phi) is 3.56. The lowest BCUT2D eigenvalue weighted by molar-refractivity contribution is 0.465. The van der Waals surface area contributed by atoms with Crippen LogP contribution in [-0.4, -0.2) is 20.2 Å². The number of aryl methyl sites for hydroxylation is 1. The average Bonchev–Trinajstić information content (AvgIpc) is 2.86. The number of hydrogen-bond acceptors (Lipinski definition) is 4. The summed E-state index contributed by atoms with van der Waals surface area (Å²) in [5.41, 5.74) is 0. The molecule has 0 aliphatic heterocycles. The van der Waals surface area contributed by atoms with Crippen molar-refractivity contribution in [2.24, 2.45) is 0 Å². The van der Waals surface area contributed by atoms with Crippen LogP contribution in [-0.2, 0) is 12.3 Å². The molecule has 86 valence electrons. The summed E-state index contributed by atoms with van der Waals surface area (Å²) in [6, 6.07) is 4.53. The third kappa shape index (κ3) is 2.41. The van der Waals surface area contributed by atoms with E-state index in [1.165, 1.54) is 9.75 Å². The summed E-state index contributed by atoms with van der Waals surface area (Å²) in [5.74, 6) is 1.07. The molecule has 0 N–H and O–H groups in total. The van der Waals surface area contributed by atoms with Gasteiger partial charge in [-0.25, -0.2) is 4.68 Å². The second-order valence-corrected chi connectivity index (χ2v) is 5.38. The molecule has 2 aromatic heterocycles. The lowest BCUT2D eigenvalue weighted by Gasteiger charge is -2.11. The second-order valence-electron chi connectivity index (χ2n) is 3.74. The Labute approximate surface area is 103 Å². The molecule has 0 saturated carbocycles. The van der Waals surface area contributed by atoms with Gasteiger partial charge in [0.1, 0.15) is 0 Å². The van der Waals surface area contributed by atoms with Crippen LogP contribution in [0.3, 0.4) is 0 Å². The molecule has 0 bridgehead atoms. The lowest BCUT2D eigenvalue weighted by atomic mass is 10.2. The Balaban J connectivity index is 2.11. The van der Waals surface area contributed by atoms with E-state index < -0.39 is 0 Å². The van der Waals surface area contributed by atoms with Crippen molar-refractivity contribution in [2.45, 2.75) is 32.2 Å². The minimum absolute atomic E-state index is 0.238. The normalized spacial score (nSPS) is 12.9. The number of nitrogens with zero attached hydrogens (tertiary/aromatic N) is 4. The second kappa shape index (κ2) is 4.93. The molecule has 6 heteroatoms. The number of hydrogen-bond donors (Lipinski definition) is 0. The molecule has 2 heterocycles. The number of rotatable bonds is 4. The highest BCUT2D eigenvalue weighted by atomic mass is 35.5. The molecule has 1 unspecified atom stereocenters. The summed E-state index contributed by atoms with van der Waals surface area (Å²) in [7, 11) is 0. The van der Waals surface area contributed by atoms with Gasteiger partial charge in [-0.05, 0) is 36.4 Å². The summed E-state index contributed by atoms with van der Waals surface area (Å²) in [4.78, 5) is 2.68. The van der Waals surface area contributed by atoms with Crippen LogP contribution in [0, 0.1) is 6.92 Å². The number of thiophene rings is 1. The van der Waals surface area contributed by atoms with E-state index in [-0.39, 0.29) is 6.04 Å². The Bertz CT molecular complexity index is 465. The lowest BCUT2D eigenvalue weighted by Crippen LogP contribution is -2.12. The summed E-state index contributed by atoms with van der Waals surface area (Å²) in [6.45, 7) is 4.21. The van der Waals surface area contributed by atoms with Gasteiger partial charge in [0.25, 0.3) is 0 Å². The molecule has 16 heavy (non-hydrogen) atoms. The first-order valence-electron chi connectivity index (χ1n) is 5.08. The summed E-state index contributed by atoms with van der Waals surface area (Å²) in [5, 5.41) is 11.5. The smallest absolute Gasteiger partial charge is 0.166 e. The van der Waals surface area contributed by atoms with Crippen molar-refractivity contribution in [1.29, 1.82) is 0 Å². The van der Waals surface area contributed by atoms with Gasteiger partial charge in [0, 0.05) is 16.2 Å². The zero-order chi connectivity index (χ0) is 11.5. The van der Waals surface area contributed by atoms with Crippen molar-refractivity contribution in [3.8, 4) is 0 Å². The number of halogens is 1. The molecule has 0 aliphatic rings. The molecular formula is C10H13ClN4S. The molecule has 2 rings (SSSR count). The Hall–Kier alpha value is -0.940. The van der Waals surface area contributed by atoms with E-state index >= 15 is 0 Å². The molecule has 0 aliphatic carbocycles. The van der Waals surface area contributed by atoms with E-state index in [1.807, 2.05) is 11.3 Å². The third-order valence-electron chi connectivity index (χ3n) is 2.39. The maximum atomic E-state index is 5.76. The zero-order valence-electron chi connectivity index (χ0n) is 9.22. The maximum Gasteiger partial charge on any atom is 0.166 e. The van der Waals surface area contributed by atoms with Gasteiger partial charge >= 0.3 is 0 Å². The number of aromatic nitrogens is 4. The van der Waals surface area contributed by atoms with Crippen molar-refractivity contribution < 1.29 is 0 Å². The fourth-order valence-corrected chi connectivity index (χ4v) is 2.80. The van der Waals surface area contributed by atoms with Crippen LogP contribution in [0.2, 0.25) is 0 Å². The quantitative estimate of drug-likeness (QED) is 0.790. The van der Waals surface area contributed by atoms with E-state index in [4.69, 9.17) is 11.6 Å². The van der Waals surface area contributed by atoms with Crippen LogP contribution in [0.5, 0.6) is 0 Å². The highest BCUT2D eigenvalue weighted by molar-refractivity contribution is 7.11. The van der Waals surface area contributed by atoms with Crippen LogP contribution >= 0.6 is 22.9 Å². The molecule has 0 saturated heterocycles. The zero-order valence-corrected chi connectivity index (χ0v) is 10.8. The van der Waals surface area contributed by atoms with Gasteiger partial charge < -0.3 is 0 Å². The van der Waals surface area contributed by atoms with Gasteiger partial charge in [0.15, 0.2) is 5.82 Å². The molecule has 1 atom stereocenters. The topological polar surface area (TPSA) is 43.6 Å². The van der Waals surface area contributed by atoms with Crippen LogP contribution < -0.4 is 0 Å². The van der Waals surface area contributed by atoms with Crippen LogP contribution in [0.1, 0.15) is 28.5 Å². The SMILES string of the molecule is Cc1ccc(CC(C)n2nnnc2CCl)s1. The van der Waals surface area contributed by atoms with Crippen LogP contribution in [0.4, 0.5) is 0 Å². The minimum atomic E-state index is 0.238. The predicted octanol–water partition coefficient (Wildman–Crippen LogP) is 2.59. The molecule has 0 fully saturated rings. The summed E-state index contributed by atoms with van der Waals surface area (Å²) < 4.78 is 1.79. The van der Waals surface area contributed by atoms with E-state index in [0.29, 0.717) is 5.88 Å². The molecule has 0 aromatic carbocycles. The summed E-state index contributed by atoms with van der Waals surface area (Å²) >= 11 is 7.58. The Morgan fingerprint density at radius 2 is 2.31 bits per heavy atom. The van der Waals surface area contributed by atoms with Crippen LogP contribution in [0.15, 0.2) is 12.1 Å². The van der Waals surface area contributed by atoms with E-state index in [0.717, 1.165) is 12.2 Å². The molecule has 4 nitrogen and oxygen atoms in total. The van der Waals surface area contributed by atoms with E-state index in [1.54, 1.807) is 4.68 Å². The predicted molar refractivity (Wildman–Crippen MR) is 64.8 cm³/mol. The van der Waals surface area contributed by atoms with Gasteiger partial charge in [-0.1, -0.05) is 0 Å². The van der Waals surface area contributed by atoms with Crippen molar-refractivity contribution in [3.05, 3.63) is 27.7 Å². The van der Waals surface area contributed by atoms with Gasteiger partial charge in [-0.2, -0.15) is 0 Å². The van der Waals surface area contributed by atoms with Gasteiger partial charge in [0.2, 0.25) is 0 Å². The van der Waals surface area contributed by atoms with Gasteiger partial charge in [-0.15, -0.1) is 28.0 Å². The first-order chi connectivity index (χ1) is 7.70. The van der Waals surface area contributed by atoms with Crippen molar-refractivity contribution in [3.63, 3.8) is 0 Å². The third-order valence-corrected chi connectivity index (χ3v) is 3.65. The van der Waals surface area contributed by atoms with Crippen molar-refractivity contribution >= 4 is 22.9 Å². The Morgan fingerprint density at radius 3 is 2.94 bits per heavy atom. The van der Waals surface area contributed by atoms with Crippen molar-refractivity contribution in [2.75, 3.05) is 0 Å². The molecule has 2 aromatic rings. The van der Waals surface area contributed by atoms with E-state index in [9.17, 15) is 0 Å². The molecule has 0 spiro atoms. The monoisotopic (exact) mass is 256 g/mol. The fraction of sp³-hybridized carbons (Fsp3) is 0.500. The highest BCUT2D eigenvalue weighted by Gasteiger charge is 2.13. The van der Waals surface area contributed by atoms with Gasteiger partial charge in [-0.3, -0.25) is 0 Å². The average molecular weight is 257 g/mol. The first-order valence-corrected chi connectivity index (χ1v) is 6.44. The summed E-state index contributed by atoms with van der Waals surface area (Å²) in [6.07, 6.45) is 0.938. The first kappa shape index (κ1) is 11.5. The van der Waals surface area contributed by atoms with Crippen molar-refractivity contribution in [1.82, 2.24) is 20.2 Å². The molecule has 0 radical (unpaired) electrons. The molecular weight excluding hydrogens is 244 g/mol. The highest BCUT2D eigenvalue weighted by Crippen LogP contribution is 2.21. The maximum absolute atomic E-state index is 5.76. The fourth-order valence-electron chi connectivity index (χ4n) is 1.62. The van der Waals surface area contributed by atoms with Crippen LogP contribution in [0.25, 0.3) is 0 Å². The Morgan fingerprint density at radius 1 is 1.50 bits per heavy atom. The minimum Gasteiger partial charge on any atom is -0.225 e. The number of alkyl halides is 1. The largest absolute Gasteiger partial charge is 0.225 e. The van der Waals surface area contributed by atoms with E-state index in [2.05, 4.69) is 41.5 Å². The molecule has 0 amide bonds. The standard InChI is InChI=1S/C10H13ClN4S/c1-7(5-9-4-3-8(2)16-9)15-10(6-11)12-13-14-15/h3-4,7H,5-6H2,1-2H3.